The molecule has 0 unspecified atom stereocenters. The molecule has 0 atom stereocenters. The summed E-state index contributed by atoms with van der Waals surface area (Å²) in [4.78, 5) is 10.6. The zero-order valence-electron chi connectivity index (χ0n) is 14.5. The van der Waals surface area contributed by atoms with Crippen LogP contribution in [0, 0.1) is 0 Å². The van der Waals surface area contributed by atoms with Crippen molar-refractivity contribution in [3.05, 3.63) is 66.4 Å². The number of aromatic nitrogens is 1. The fourth-order valence-corrected chi connectivity index (χ4v) is 3.95. The molecule has 0 aliphatic rings. The zero-order valence-corrected chi connectivity index (χ0v) is 15.3. The number of rotatable bonds is 9. The summed E-state index contributed by atoms with van der Waals surface area (Å²) in [5.41, 5.74) is 1.55. The number of ether oxygens (including phenoxy) is 1. The van der Waals surface area contributed by atoms with Gasteiger partial charge in [-0.25, -0.2) is 13.1 Å². The molecule has 0 spiro atoms. The van der Waals surface area contributed by atoms with Crippen LogP contribution in [-0.4, -0.2) is 32.1 Å². The average Bonchev–Trinajstić information content (AvgIpc) is 3.04. The second-order valence-corrected chi connectivity index (χ2v) is 7.80. The first-order valence-corrected chi connectivity index (χ1v) is 10.0. The van der Waals surface area contributed by atoms with E-state index in [4.69, 9.17) is 4.74 Å². The lowest BCUT2D eigenvalue weighted by atomic mass is 10.2. The summed E-state index contributed by atoms with van der Waals surface area (Å²) in [5.74, 6) is -0.916. The number of carbonyl (C=O) groups excluding carboxylic acids is 1. The van der Waals surface area contributed by atoms with Gasteiger partial charge in [-0.05, 0) is 23.8 Å². The van der Waals surface area contributed by atoms with Crippen molar-refractivity contribution in [1.82, 2.24) is 9.29 Å². The van der Waals surface area contributed by atoms with E-state index in [0.29, 0.717) is 12.3 Å². The normalized spacial score (nSPS) is 11.6. The molecule has 3 aromatic rings. The molecule has 3 rings (SSSR count). The number of hydrogen-bond donors (Lipinski definition) is 1. The van der Waals surface area contributed by atoms with Gasteiger partial charge in [-0.3, -0.25) is 0 Å². The molecule has 0 bridgehead atoms. The van der Waals surface area contributed by atoms with Crippen LogP contribution in [0.2, 0.25) is 0 Å². The number of fused-ring (bicyclic) bond motifs is 1. The number of nitrogens with zero attached hydrogens (tertiary/aromatic N) is 1. The van der Waals surface area contributed by atoms with E-state index in [9.17, 15) is 18.3 Å². The number of carboxylic acids is 1. The molecular formula is C19H19N2O5S-. The molecule has 1 aromatic heterocycles. The van der Waals surface area contributed by atoms with Gasteiger partial charge in [-0.1, -0.05) is 36.4 Å². The Hall–Kier alpha value is -2.84. The molecule has 0 aliphatic heterocycles. The van der Waals surface area contributed by atoms with Gasteiger partial charge in [-0.2, -0.15) is 0 Å². The van der Waals surface area contributed by atoms with Crippen LogP contribution in [0.4, 0.5) is 0 Å². The first kappa shape index (κ1) is 18.9. The van der Waals surface area contributed by atoms with Crippen molar-refractivity contribution in [2.45, 2.75) is 12.3 Å². The van der Waals surface area contributed by atoms with Gasteiger partial charge in [-0.15, -0.1) is 0 Å². The molecule has 0 saturated heterocycles. The van der Waals surface area contributed by atoms with Gasteiger partial charge in [0.1, 0.15) is 12.4 Å². The predicted molar refractivity (Wildman–Crippen MR) is 99.5 cm³/mol. The quantitative estimate of drug-likeness (QED) is 0.588. The third-order valence-corrected chi connectivity index (χ3v) is 5.35. The average molecular weight is 387 g/mol. The third kappa shape index (κ3) is 5.08. The number of sulfonamides is 1. The van der Waals surface area contributed by atoms with Crippen LogP contribution >= 0.6 is 0 Å². The maximum absolute atomic E-state index is 12.2. The van der Waals surface area contributed by atoms with E-state index in [1.54, 1.807) is 42.5 Å². The van der Waals surface area contributed by atoms with Crippen molar-refractivity contribution in [2.24, 2.45) is 0 Å². The number of hydrogen-bond acceptors (Lipinski definition) is 5. The first-order valence-electron chi connectivity index (χ1n) is 8.36. The highest BCUT2D eigenvalue weighted by atomic mass is 32.2. The number of aliphatic carboxylic acids is 1. The Kier molecular flexibility index (Phi) is 5.78. The molecule has 0 saturated carbocycles. The zero-order chi connectivity index (χ0) is 19.3. The van der Waals surface area contributed by atoms with E-state index in [1.165, 1.54) is 0 Å². The molecule has 2 aromatic carbocycles. The van der Waals surface area contributed by atoms with E-state index < -0.39 is 22.6 Å². The molecule has 1 N–H and O–H groups in total. The fraction of sp³-hybridized carbons (Fsp3) is 0.211. The van der Waals surface area contributed by atoms with Gasteiger partial charge in [0.25, 0.3) is 0 Å². The lowest BCUT2D eigenvalue weighted by molar-refractivity contribution is -0.307. The largest absolute Gasteiger partial charge is 0.546 e. The molecule has 0 aliphatic carbocycles. The molecule has 1 heterocycles. The monoisotopic (exact) mass is 387 g/mol. The first-order chi connectivity index (χ1) is 12.9. The van der Waals surface area contributed by atoms with E-state index >= 15 is 0 Å². The van der Waals surface area contributed by atoms with Crippen molar-refractivity contribution in [2.75, 3.05) is 13.2 Å². The summed E-state index contributed by atoms with van der Waals surface area (Å²) in [6.45, 7) is 0.147. The van der Waals surface area contributed by atoms with Crippen LogP contribution in [0.25, 0.3) is 10.9 Å². The van der Waals surface area contributed by atoms with E-state index in [1.807, 2.05) is 22.9 Å². The number of carboxylic acid groups (broad SMARTS) is 1. The smallest absolute Gasteiger partial charge is 0.215 e. The Morgan fingerprint density at radius 3 is 2.59 bits per heavy atom. The standard InChI is InChI=1S/C19H20N2O5S/c22-19(23)13-26-18-8-4-7-17-16(18)9-11-21(17)12-10-20-27(24,25)14-15-5-2-1-3-6-15/h1-9,11,20H,10,12-14H2,(H,22,23)/p-1. The van der Waals surface area contributed by atoms with Gasteiger partial charge in [0.2, 0.25) is 10.0 Å². The molecule has 0 fully saturated rings. The highest BCUT2D eigenvalue weighted by Gasteiger charge is 2.12. The summed E-state index contributed by atoms with van der Waals surface area (Å²) in [6.07, 6.45) is 1.81. The fourth-order valence-electron chi connectivity index (χ4n) is 2.82. The minimum atomic E-state index is -3.43. The SMILES string of the molecule is O=C([O-])COc1cccc2c1ccn2CCNS(=O)(=O)Cc1ccccc1. The molecule has 0 amide bonds. The maximum Gasteiger partial charge on any atom is 0.215 e. The van der Waals surface area contributed by atoms with Crippen LogP contribution in [0.3, 0.4) is 0 Å². The van der Waals surface area contributed by atoms with E-state index in [0.717, 1.165) is 16.5 Å². The molecular weight excluding hydrogens is 368 g/mol. The predicted octanol–water partition coefficient (Wildman–Crippen LogP) is 0.890. The number of carbonyl (C=O) groups is 1. The van der Waals surface area contributed by atoms with Crippen molar-refractivity contribution in [1.29, 1.82) is 0 Å². The highest BCUT2D eigenvalue weighted by molar-refractivity contribution is 7.88. The third-order valence-electron chi connectivity index (χ3n) is 3.99. The van der Waals surface area contributed by atoms with Crippen molar-refractivity contribution in [3.8, 4) is 5.75 Å². The lowest BCUT2D eigenvalue weighted by Gasteiger charge is -2.10. The van der Waals surface area contributed by atoms with Crippen LogP contribution < -0.4 is 14.6 Å². The second-order valence-electron chi connectivity index (χ2n) is 6.00. The minimum absolute atomic E-state index is 0.0680. The molecule has 8 heteroatoms. The van der Waals surface area contributed by atoms with Crippen molar-refractivity contribution >= 4 is 26.9 Å². The van der Waals surface area contributed by atoms with Gasteiger partial charge >= 0.3 is 0 Å². The highest BCUT2D eigenvalue weighted by Crippen LogP contribution is 2.26. The van der Waals surface area contributed by atoms with Crippen molar-refractivity contribution in [3.63, 3.8) is 0 Å². The Balaban J connectivity index is 1.63. The van der Waals surface area contributed by atoms with Gasteiger partial charge in [0.05, 0.1) is 17.2 Å². The summed E-state index contributed by atoms with van der Waals surface area (Å²) in [6, 6.07) is 16.1. The minimum Gasteiger partial charge on any atom is -0.546 e. The molecule has 7 nitrogen and oxygen atoms in total. The lowest BCUT2D eigenvalue weighted by Crippen LogP contribution is -2.29. The molecule has 142 valence electrons. The van der Waals surface area contributed by atoms with Gasteiger partial charge < -0.3 is 19.2 Å². The van der Waals surface area contributed by atoms with Crippen LogP contribution in [0.1, 0.15) is 5.56 Å². The van der Waals surface area contributed by atoms with E-state index in [2.05, 4.69) is 4.72 Å². The number of benzene rings is 2. The Labute approximate surface area is 157 Å². The van der Waals surface area contributed by atoms with Crippen LogP contribution in [-0.2, 0) is 27.1 Å². The summed E-state index contributed by atoms with van der Waals surface area (Å²) in [5, 5.41) is 11.3. The molecule has 0 radical (unpaired) electrons. The summed E-state index contributed by atoms with van der Waals surface area (Å²) in [7, 11) is -3.43. The Morgan fingerprint density at radius 2 is 1.85 bits per heavy atom. The van der Waals surface area contributed by atoms with Crippen LogP contribution in [0.5, 0.6) is 5.75 Å². The van der Waals surface area contributed by atoms with Crippen molar-refractivity contribution < 1.29 is 23.1 Å². The summed E-state index contributed by atoms with van der Waals surface area (Å²) >= 11 is 0. The topological polar surface area (TPSA) is 100 Å². The number of nitrogens with one attached hydrogen (secondary N) is 1. The van der Waals surface area contributed by atoms with Gasteiger partial charge in [0, 0.05) is 24.7 Å². The maximum atomic E-state index is 12.2. The van der Waals surface area contributed by atoms with E-state index in [-0.39, 0.29) is 12.3 Å². The van der Waals surface area contributed by atoms with Crippen LogP contribution in [0.15, 0.2) is 60.8 Å². The molecule has 27 heavy (non-hydrogen) atoms. The summed E-state index contributed by atoms with van der Waals surface area (Å²) < 4.78 is 34.1. The van der Waals surface area contributed by atoms with Gasteiger partial charge in [0.15, 0.2) is 0 Å². The Bertz CT molecular complexity index is 1030. The Morgan fingerprint density at radius 1 is 1.07 bits per heavy atom. The second kappa shape index (κ2) is 8.24.